The quantitative estimate of drug-likeness (QED) is 0.424. The predicted octanol–water partition coefficient (Wildman–Crippen LogP) is 1.99. The van der Waals surface area contributed by atoms with E-state index >= 15 is 0 Å². The Morgan fingerprint density at radius 3 is 2.40 bits per heavy atom. The number of carbonyl (C=O) groups excluding carboxylic acids is 2. The van der Waals surface area contributed by atoms with Crippen molar-refractivity contribution in [3.63, 3.8) is 0 Å². The van der Waals surface area contributed by atoms with Crippen molar-refractivity contribution in [2.75, 3.05) is 13.2 Å². The van der Waals surface area contributed by atoms with Gasteiger partial charge < -0.3 is 15.8 Å². The number of hydrogen-bond acceptors (Lipinski definition) is 4. The van der Waals surface area contributed by atoms with Gasteiger partial charge in [-0.2, -0.15) is 0 Å². The van der Waals surface area contributed by atoms with E-state index < -0.39 is 0 Å². The average Bonchev–Trinajstić information content (AvgIpc) is 2.39. The van der Waals surface area contributed by atoms with Crippen LogP contribution in [-0.4, -0.2) is 31.1 Å². The molecule has 118 valence electrons. The van der Waals surface area contributed by atoms with Crippen LogP contribution in [0.4, 0.5) is 0 Å². The molecule has 0 aromatic rings. The topological polar surface area (TPSA) is 81.4 Å². The minimum Gasteiger partial charge on any atom is -0.466 e. The molecule has 0 saturated carbocycles. The summed E-state index contributed by atoms with van der Waals surface area (Å²) in [6.45, 7) is 7.18. The number of amides is 1. The third kappa shape index (κ3) is 8.91. The summed E-state index contributed by atoms with van der Waals surface area (Å²) < 4.78 is 5.18. The molecule has 0 spiro atoms. The highest BCUT2D eigenvalue weighted by molar-refractivity contribution is 5.79. The third-order valence-electron chi connectivity index (χ3n) is 3.32. The molecule has 0 radical (unpaired) electrons. The van der Waals surface area contributed by atoms with Gasteiger partial charge in [0.2, 0.25) is 5.91 Å². The molecular formula is C15H30N2O3. The SMILES string of the molecule is CCCCOC(=O)CC(CCC)CNC(CC)C(N)=O. The Kier molecular flexibility index (Phi) is 11.1. The fourth-order valence-electron chi connectivity index (χ4n) is 2.06. The molecule has 5 heteroatoms. The molecule has 0 aliphatic heterocycles. The maximum Gasteiger partial charge on any atom is 0.306 e. The molecule has 3 N–H and O–H groups in total. The van der Waals surface area contributed by atoms with Gasteiger partial charge in [-0.05, 0) is 31.7 Å². The van der Waals surface area contributed by atoms with Crippen LogP contribution in [0.1, 0.15) is 59.3 Å². The summed E-state index contributed by atoms with van der Waals surface area (Å²) in [7, 11) is 0. The number of unbranched alkanes of at least 4 members (excludes halogenated alkanes) is 1. The number of nitrogens with two attached hydrogens (primary N) is 1. The maximum absolute atomic E-state index is 11.7. The van der Waals surface area contributed by atoms with Crippen LogP contribution in [0.25, 0.3) is 0 Å². The van der Waals surface area contributed by atoms with Crippen molar-refractivity contribution in [2.24, 2.45) is 11.7 Å². The van der Waals surface area contributed by atoms with Gasteiger partial charge in [-0.25, -0.2) is 0 Å². The minimum atomic E-state index is -0.340. The maximum atomic E-state index is 11.7. The van der Waals surface area contributed by atoms with Gasteiger partial charge in [0, 0.05) is 6.42 Å². The van der Waals surface area contributed by atoms with Gasteiger partial charge in [-0.3, -0.25) is 9.59 Å². The first-order valence-corrected chi connectivity index (χ1v) is 7.73. The molecule has 0 saturated heterocycles. The number of esters is 1. The van der Waals surface area contributed by atoms with Gasteiger partial charge in [0.25, 0.3) is 0 Å². The zero-order valence-electron chi connectivity index (χ0n) is 13.1. The fourth-order valence-corrected chi connectivity index (χ4v) is 2.06. The molecule has 2 unspecified atom stereocenters. The van der Waals surface area contributed by atoms with Crippen LogP contribution in [0.2, 0.25) is 0 Å². The summed E-state index contributed by atoms with van der Waals surface area (Å²) in [6.07, 6.45) is 4.92. The summed E-state index contributed by atoms with van der Waals surface area (Å²) in [6, 6.07) is -0.314. The molecule has 0 fully saturated rings. The van der Waals surface area contributed by atoms with E-state index in [0.29, 0.717) is 26.0 Å². The van der Waals surface area contributed by atoms with Crippen LogP contribution in [0.15, 0.2) is 0 Å². The van der Waals surface area contributed by atoms with Crippen molar-refractivity contribution < 1.29 is 14.3 Å². The van der Waals surface area contributed by atoms with Crippen molar-refractivity contribution >= 4 is 11.9 Å². The molecule has 0 aromatic heterocycles. The van der Waals surface area contributed by atoms with Gasteiger partial charge in [0.1, 0.15) is 0 Å². The highest BCUT2D eigenvalue weighted by atomic mass is 16.5. The van der Waals surface area contributed by atoms with Gasteiger partial charge in [0.05, 0.1) is 12.6 Å². The van der Waals surface area contributed by atoms with E-state index in [1.165, 1.54) is 0 Å². The normalized spacial score (nSPS) is 13.8. The number of carbonyl (C=O) groups is 2. The van der Waals surface area contributed by atoms with Crippen molar-refractivity contribution in [3.8, 4) is 0 Å². The Bertz CT molecular complexity index is 282. The number of ether oxygens (including phenoxy) is 1. The van der Waals surface area contributed by atoms with Crippen LogP contribution in [-0.2, 0) is 14.3 Å². The Labute approximate surface area is 122 Å². The lowest BCUT2D eigenvalue weighted by molar-refractivity contribution is -0.144. The smallest absolute Gasteiger partial charge is 0.306 e. The average molecular weight is 286 g/mol. The van der Waals surface area contributed by atoms with Crippen molar-refractivity contribution in [1.82, 2.24) is 5.32 Å². The van der Waals surface area contributed by atoms with Crippen LogP contribution >= 0.6 is 0 Å². The second-order valence-corrected chi connectivity index (χ2v) is 5.20. The molecule has 0 aromatic carbocycles. The molecule has 0 heterocycles. The van der Waals surface area contributed by atoms with Crippen molar-refractivity contribution in [2.45, 2.75) is 65.3 Å². The zero-order valence-corrected chi connectivity index (χ0v) is 13.1. The lowest BCUT2D eigenvalue weighted by atomic mass is 9.99. The van der Waals surface area contributed by atoms with Crippen LogP contribution < -0.4 is 11.1 Å². The van der Waals surface area contributed by atoms with E-state index in [2.05, 4.69) is 19.2 Å². The first-order valence-electron chi connectivity index (χ1n) is 7.73. The standard InChI is InChI=1S/C15H30N2O3/c1-4-7-9-20-14(18)10-12(8-5-2)11-17-13(6-3)15(16)19/h12-13,17H,4-11H2,1-3H3,(H2,16,19). The van der Waals surface area contributed by atoms with Gasteiger partial charge in [-0.1, -0.05) is 33.6 Å². The molecule has 2 atom stereocenters. The van der Waals surface area contributed by atoms with Crippen LogP contribution in [0.3, 0.4) is 0 Å². The summed E-state index contributed by atoms with van der Waals surface area (Å²) in [5.74, 6) is -0.290. The van der Waals surface area contributed by atoms with E-state index in [1.807, 2.05) is 6.92 Å². The van der Waals surface area contributed by atoms with Crippen LogP contribution in [0, 0.1) is 5.92 Å². The summed E-state index contributed by atoms with van der Waals surface area (Å²) in [4.78, 5) is 22.9. The second-order valence-electron chi connectivity index (χ2n) is 5.20. The highest BCUT2D eigenvalue weighted by Crippen LogP contribution is 2.12. The first kappa shape index (κ1) is 18.9. The van der Waals surface area contributed by atoms with Gasteiger partial charge >= 0.3 is 5.97 Å². The summed E-state index contributed by atoms with van der Waals surface area (Å²) in [5.41, 5.74) is 5.30. The van der Waals surface area contributed by atoms with E-state index in [9.17, 15) is 9.59 Å². The molecular weight excluding hydrogens is 256 g/mol. The first-order chi connectivity index (χ1) is 9.54. The zero-order chi connectivity index (χ0) is 15.4. The Morgan fingerprint density at radius 2 is 1.90 bits per heavy atom. The lowest BCUT2D eigenvalue weighted by Crippen LogP contribution is -2.43. The van der Waals surface area contributed by atoms with E-state index in [4.69, 9.17) is 10.5 Å². The Hall–Kier alpha value is -1.10. The highest BCUT2D eigenvalue weighted by Gasteiger charge is 2.18. The predicted molar refractivity (Wildman–Crippen MR) is 80.2 cm³/mol. The second kappa shape index (κ2) is 11.7. The molecule has 0 bridgehead atoms. The minimum absolute atomic E-state index is 0.147. The van der Waals surface area contributed by atoms with E-state index in [0.717, 1.165) is 25.7 Å². The van der Waals surface area contributed by atoms with E-state index in [1.54, 1.807) is 0 Å². The summed E-state index contributed by atoms with van der Waals surface area (Å²) >= 11 is 0. The van der Waals surface area contributed by atoms with E-state index in [-0.39, 0.29) is 23.8 Å². The number of nitrogens with one attached hydrogen (secondary N) is 1. The third-order valence-corrected chi connectivity index (χ3v) is 3.32. The number of hydrogen-bond donors (Lipinski definition) is 2. The Morgan fingerprint density at radius 1 is 1.20 bits per heavy atom. The largest absolute Gasteiger partial charge is 0.466 e. The summed E-state index contributed by atoms with van der Waals surface area (Å²) in [5, 5.41) is 3.14. The Balaban J connectivity index is 4.14. The monoisotopic (exact) mass is 286 g/mol. The van der Waals surface area contributed by atoms with Crippen molar-refractivity contribution in [1.29, 1.82) is 0 Å². The fraction of sp³-hybridized carbons (Fsp3) is 0.867. The number of rotatable bonds is 12. The molecule has 1 amide bonds. The lowest BCUT2D eigenvalue weighted by Gasteiger charge is -2.19. The molecule has 20 heavy (non-hydrogen) atoms. The number of primary amides is 1. The molecule has 0 aliphatic rings. The van der Waals surface area contributed by atoms with Gasteiger partial charge in [-0.15, -0.1) is 0 Å². The van der Waals surface area contributed by atoms with Crippen molar-refractivity contribution in [3.05, 3.63) is 0 Å². The van der Waals surface area contributed by atoms with Crippen LogP contribution in [0.5, 0.6) is 0 Å². The molecule has 0 aliphatic carbocycles. The molecule has 5 nitrogen and oxygen atoms in total. The molecule has 0 rings (SSSR count). The van der Waals surface area contributed by atoms with Gasteiger partial charge in [0.15, 0.2) is 0 Å².